The van der Waals surface area contributed by atoms with Crippen LogP contribution in [0.25, 0.3) is 0 Å². The number of aromatic carboxylic acids is 1. The molecule has 0 aliphatic heterocycles. The van der Waals surface area contributed by atoms with E-state index < -0.39 is 21.1 Å². The zero-order chi connectivity index (χ0) is 12.5. The average Bonchev–Trinajstić information content (AvgIpc) is 2.58. The third-order valence-electron chi connectivity index (χ3n) is 2.23. The van der Waals surface area contributed by atoms with Gasteiger partial charge >= 0.3 is 5.97 Å². The van der Waals surface area contributed by atoms with Gasteiger partial charge in [0.2, 0.25) is 0 Å². The Bertz CT molecular complexity index is 504. The molecule has 16 heavy (non-hydrogen) atoms. The Kier molecular flexibility index (Phi) is 3.69. The zero-order valence-electron chi connectivity index (χ0n) is 9.22. The lowest BCUT2D eigenvalue weighted by atomic mass is 10.3. The van der Waals surface area contributed by atoms with Crippen molar-refractivity contribution in [1.82, 2.24) is 4.98 Å². The van der Waals surface area contributed by atoms with Gasteiger partial charge in [0, 0.05) is 6.26 Å². The predicted molar refractivity (Wildman–Crippen MR) is 61.7 cm³/mol. The molecule has 7 heteroatoms. The van der Waals surface area contributed by atoms with Crippen molar-refractivity contribution < 1.29 is 18.3 Å². The van der Waals surface area contributed by atoms with E-state index in [1.807, 2.05) is 0 Å². The van der Waals surface area contributed by atoms with Gasteiger partial charge in [0.15, 0.2) is 9.84 Å². The van der Waals surface area contributed by atoms with Crippen LogP contribution in [0.15, 0.2) is 0 Å². The predicted octanol–water partition coefficient (Wildman–Crippen LogP) is 1.51. The first kappa shape index (κ1) is 13.1. The monoisotopic (exact) mass is 263 g/mol. The Balaban J connectivity index is 3.23. The van der Waals surface area contributed by atoms with Gasteiger partial charge in [-0.05, 0) is 13.3 Å². The third kappa shape index (κ3) is 2.59. The smallest absolute Gasteiger partial charge is 0.347 e. The van der Waals surface area contributed by atoms with E-state index in [9.17, 15) is 13.2 Å². The number of aryl methyl sites for hydroxylation is 1. The number of hydrogen-bond donors (Lipinski definition) is 1. The second-order valence-corrected chi connectivity index (χ2v) is 6.86. The summed E-state index contributed by atoms with van der Waals surface area (Å²) in [7, 11) is -3.24. The van der Waals surface area contributed by atoms with Crippen molar-refractivity contribution in [1.29, 1.82) is 0 Å². The van der Waals surface area contributed by atoms with Gasteiger partial charge in [-0.15, -0.1) is 11.3 Å². The zero-order valence-corrected chi connectivity index (χ0v) is 10.9. The maximum Gasteiger partial charge on any atom is 0.347 e. The van der Waals surface area contributed by atoms with Gasteiger partial charge < -0.3 is 5.11 Å². The summed E-state index contributed by atoms with van der Waals surface area (Å²) in [6.45, 7) is 3.30. The number of nitrogens with zero attached hydrogens (tertiary/aromatic N) is 1. The maximum atomic E-state index is 11.3. The molecule has 0 bridgehead atoms. The normalized spacial score (nSPS) is 13.7. The quantitative estimate of drug-likeness (QED) is 0.890. The SMILES string of the molecule is CCc1nc(C(C)S(C)(=O)=O)sc1C(=O)O. The highest BCUT2D eigenvalue weighted by Gasteiger charge is 2.24. The number of thiazole rings is 1. The fourth-order valence-corrected chi connectivity index (χ4v) is 3.15. The minimum Gasteiger partial charge on any atom is -0.477 e. The molecule has 0 amide bonds. The summed E-state index contributed by atoms with van der Waals surface area (Å²) in [6, 6.07) is 0. The van der Waals surface area contributed by atoms with Crippen LogP contribution < -0.4 is 0 Å². The molecule has 5 nitrogen and oxygen atoms in total. The van der Waals surface area contributed by atoms with Gasteiger partial charge in [0.25, 0.3) is 0 Å². The summed E-state index contributed by atoms with van der Waals surface area (Å²) in [5, 5.41) is 8.51. The molecule has 1 aromatic heterocycles. The molecule has 1 aromatic rings. The Hall–Kier alpha value is -0.950. The summed E-state index contributed by atoms with van der Waals surface area (Å²) >= 11 is 0.937. The molecule has 1 heterocycles. The lowest BCUT2D eigenvalue weighted by Gasteiger charge is -2.03. The van der Waals surface area contributed by atoms with Crippen LogP contribution in [0.4, 0.5) is 0 Å². The van der Waals surface area contributed by atoms with Crippen LogP contribution in [-0.4, -0.2) is 30.7 Å². The van der Waals surface area contributed by atoms with Gasteiger partial charge in [-0.1, -0.05) is 6.92 Å². The van der Waals surface area contributed by atoms with E-state index in [4.69, 9.17) is 5.11 Å². The summed E-state index contributed by atoms with van der Waals surface area (Å²) in [5.74, 6) is -1.05. The van der Waals surface area contributed by atoms with Gasteiger partial charge in [-0.2, -0.15) is 0 Å². The van der Waals surface area contributed by atoms with Crippen molar-refractivity contribution in [2.45, 2.75) is 25.5 Å². The fourth-order valence-electron chi connectivity index (χ4n) is 1.13. The van der Waals surface area contributed by atoms with Crippen molar-refractivity contribution in [3.63, 3.8) is 0 Å². The van der Waals surface area contributed by atoms with Crippen LogP contribution in [0.2, 0.25) is 0 Å². The molecule has 0 spiro atoms. The van der Waals surface area contributed by atoms with Crippen LogP contribution in [0.3, 0.4) is 0 Å². The van der Waals surface area contributed by atoms with Crippen molar-refractivity contribution in [3.8, 4) is 0 Å². The number of carbonyl (C=O) groups is 1. The maximum absolute atomic E-state index is 11.3. The van der Waals surface area contributed by atoms with E-state index >= 15 is 0 Å². The second-order valence-electron chi connectivity index (χ2n) is 3.46. The average molecular weight is 263 g/mol. The largest absolute Gasteiger partial charge is 0.477 e. The highest BCUT2D eigenvalue weighted by atomic mass is 32.2. The van der Waals surface area contributed by atoms with E-state index in [0.29, 0.717) is 17.1 Å². The van der Waals surface area contributed by atoms with Gasteiger partial charge in [0.1, 0.15) is 15.1 Å². The number of carboxylic acid groups (broad SMARTS) is 1. The molecule has 0 saturated heterocycles. The van der Waals surface area contributed by atoms with Crippen molar-refractivity contribution in [2.75, 3.05) is 6.26 Å². The number of carboxylic acids is 1. The summed E-state index contributed by atoms with van der Waals surface area (Å²) in [5.41, 5.74) is 0.447. The Morgan fingerprint density at radius 2 is 2.12 bits per heavy atom. The molecule has 0 aliphatic carbocycles. The minimum atomic E-state index is -3.24. The molecule has 0 radical (unpaired) electrons. The van der Waals surface area contributed by atoms with E-state index in [2.05, 4.69) is 4.98 Å². The molecule has 1 unspecified atom stereocenters. The lowest BCUT2D eigenvalue weighted by Crippen LogP contribution is -2.07. The summed E-state index contributed by atoms with van der Waals surface area (Å²) in [4.78, 5) is 15.1. The topological polar surface area (TPSA) is 84.3 Å². The van der Waals surface area contributed by atoms with Crippen molar-refractivity contribution in [3.05, 3.63) is 15.6 Å². The molecule has 0 aromatic carbocycles. The van der Waals surface area contributed by atoms with Crippen molar-refractivity contribution >= 4 is 27.1 Å². The molecule has 1 N–H and O–H groups in total. The molecule has 1 rings (SSSR count). The standard InChI is InChI=1S/C9H13NO4S2/c1-4-6-7(9(11)12)15-8(10-6)5(2)16(3,13)14/h5H,4H2,1-3H3,(H,11,12). The molecule has 0 aliphatic rings. The molecule has 90 valence electrons. The van der Waals surface area contributed by atoms with Crippen LogP contribution >= 0.6 is 11.3 Å². The number of rotatable bonds is 4. The first-order valence-corrected chi connectivity index (χ1v) is 7.46. The molecule has 1 atom stereocenters. The van der Waals surface area contributed by atoms with Crippen LogP contribution in [0.5, 0.6) is 0 Å². The summed E-state index contributed by atoms with van der Waals surface area (Å²) < 4.78 is 22.7. The number of sulfone groups is 1. The van der Waals surface area contributed by atoms with Gasteiger partial charge in [-0.25, -0.2) is 18.2 Å². The van der Waals surface area contributed by atoms with Crippen LogP contribution in [0.1, 0.15) is 39.5 Å². The fraction of sp³-hybridized carbons (Fsp3) is 0.556. The summed E-state index contributed by atoms with van der Waals surface area (Å²) in [6.07, 6.45) is 1.60. The first-order chi connectivity index (χ1) is 7.27. The number of aromatic nitrogens is 1. The van der Waals surface area contributed by atoms with Crippen LogP contribution in [-0.2, 0) is 16.3 Å². The van der Waals surface area contributed by atoms with E-state index in [1.54, 1.807) is 6.92 Å². The lowest BCUT2D eigenvalue weighted by molar-refractivity contribution is 0.0701. The van der Waals surface area contributed by atoms with Crippen LogP contribution in [0, 0.1) is 0 Å². The molecular formula is C9H13NO4S2. The van der Waals surface area contributed by atoms with E-state index in [1.165, 1.54) is 6.92 Å². The van der Waals surface area contributed by atoms with E-state index in [0.717, 1.165) is 17.6 Å². The van der Waals surface area contributed by atoms with Gasteiger partial charge in [-0.3, -0.25) is 0 Å². The highest BCUT2D eigenvalue weighted by Crippen LogP contribution is 2.28. The Morgan fingerprint density at radius 1 is 1.56 bits per heavy atom. The minimum absolute atomic E-state index is 0.132. The second kappa shape index (κ2) is 4.50. The molecule has 0 fully saturated rings. The van der Waals surface area contributed by atoms with Gasteiger partial charge in [0.05, 0.1) is 5.69 Å². The Morgan fingerprint density at radius 3 is 2.44 bits per heavy atom. The highest BCUT2D eigenvalue weighted by molar-refractivity contribution is 7.91. The molecular weight excluding hydrogens is 250 g/mol. The van der Waals surface area contributed by atoms with E-state index in [-0.39, 0.29) is 4.88 Å². The number of hydrogen-bond acceptors (Lipinski definition) is 5. The van der Waals surface area contributed by atoms with Crippen molar-refractivity contribution in [2.24, 2.45) is 0 Å². The Labute approximate surface area is 98.1 Å². The first-order valence-electron chi connectivity index (χ1n) is 4.69. The third-order valence-corrected chi connectivity index (χ3v) is 5.16. The molecule has 0 saturated carbocycles.